The summed E-state index contributed by atoms with van der Waals surface area (Å²) in [5.74, 6) is 0.718. The van der Waals surface area contributed by atoms with E-state index in [0.29, 0.717) is 0 Å². The Kier molecular flexibility index (Phi) is 0.825. The Balaban J connectivity index is 2.15. The first kappa shape index (κ1) is 3.72. The quantitative estimate of drug-likeness (QED) is 0.477. The predicted octanol–water partition coefficient (Wildman–Crippen LogP) is 1.47. The number of allylic oxidation sites excluding steroid dienone is 1. The van der Waals surface area contributed by atoms with Crippen molar-refractivity contribution < 1.29 is 5.11 Å². The number of rotatable bonds is 1. The topological polar surface area (TPSA) is 20.2 Å². The Bertz CT molecular complexity index is 62.3. The first-order valence-electron chi connectivity index (χ1n) is 2.24. The average molecular weight is 84.1 g/mol. The molecule has 34 valence electrons. The fourth-order valence-electron chi connectivity index (χ4n) is 0.410. The van der Waals surface area contributed by atoms with Crippen LogP contribution in [0.5, 0.6) is 0 Å². The molecule has 0 unspecified atom stereocenters. The summed E-state index contributed by atoms with van der Waals surface area (Å²) in [6.07, 6.45) is 5.52. The summed E-state index contributed by atoms with van der Waals surface area (Å²) in [5, 5.41) is 8.10. The molecule has 0 saturated heterocycles. The van der Waals surface area contributed by atoms with E-state index >= 15 is 0 Å². The molecule has 0 bridgehead atoms. The summed E-state index contributed by atoms with van der Waals surface area (Å²) in [5.41, 5.74) is 0. The predicted molar refractivity (Wildman–Crippen MR) is 24.5 cm³/mol. The van der Waals surface area contributed by atoms with Crippen molar-refractivity contribution in [3.05, 3.63) is 12.3 Å². The third kappa shape index (κ3) is 0.744. The lowest BCUT2D eigenvalue weighted by Gasteiger charge is -1.69. The van der Waals surface area contributed by atoms with Crippen LogP contribution in [0.4, 0.5) is 0 Å². The maximum Gasteiger partial charge on any atom is 0.0754 e. The Labute approximate surface area is 37.3 Å². The lowest BCUT2D eigenvalue weighted by atomic mass is 10.4. The van der Waals surface area contributed by atoms with E-state index in [1.165, 1.54) is 12.8 Å². The van der Waals surface area contributed by atoms with Crippen molar-refractivity contribution in [1.82, 2.24) is 0 Å². The van der Waals surface area contributed by atoms with Gasteiger partial charge in [0.05, 0.1) is 6.26 Å². The van der Waals surface area contributed by atoms with Crippen molar-refractivity contribution >= 4 is 0 Å². The highest BCUT2D eigenvalue weighted by atomic mass is 16.2. The molecule has 1 aliphatic carbocycles. The summed E-state index contributed by atoms with van der Waals surface area (Å²) in [4.78, 5) is 0. The zero-order chi connectivity index (χ0) is 4.41. The van der Waals surface area contributed by atoms with Crippen molar-refractivity contribution in [1.29, 1.82) is 0 Å². The third-order valence-electron chi connectivity index (χ3n) is 0.980. The monoisotopic (exact) mass is 84.1 g/mol. The van der Waals surface area contributed by atoms with Crippen LogP contribution < -0.4 is 0 Å². The molecule has 1 N–H and O–H groups in total. The van der Waals surface area contributed by atoms with Gasteiger partial charge in [-0.25, -0.2) is 0 Å². The minimum Gasteiger partial charge on any atom is -0.516 e. The van der Waals surface area contributed by atoms with Gasteiger partial charge in [-0.15, -0.1) is 0 Å². The molecule has 1 saturated carbocycles. The van der Waals surface area contributed by atoms with Crippen LogP contribution in [-0.2, 0) is 0 Å². The first-order chi connectivity index (χ1) is 2.93. The van der Waals surface area contributed by atoms with Gasteiger partial charge in [0.2, 0.25) is 0 Å². The molecular weight excluding hydrogens is 76.1 g/mol. The van der Waals surface area contributed by atoms with Crippen LogP contribution >= 0.6 is 0 Å². The molecule has 0 aromatic carbocycles. The normalized spacial score (nSPS) is 22.7. The largest absolute Gasteiger partial charge is 0.516 e. The molecule has 1 fully saturated rings. The standard InChI is InChI=1S/C5H8O/c6-4-3-5-1-2-5/h3-6H,1-2H2/b4-3+. The highest BCUT2D eigenvalue weighted by molar-refractivity contribution is 4.91. The van der Waals surface area contributed by atoms with Crippen LogP contribution in [0.1, 0.15) is 12.8 Å². The van der Waals surface area contributed by atoms with E-state index < -0.39 is 0 Å². The molecule has 1 aliphatic rings. The molecule has 1 heteroatoms. The van der Waals surface area contributed by atoms with E-state index in [9.17, 15) is 0 Å². The second-order valence-corrected chi connectivity index (χ2v) is 1.68. The summed E-state index contributed by atoms with van der Waals surface area (Å²) < 4.78 is 0. The van der Waals surface area contributed by atoms with Gasteiger partial charge in [0.1, 0.15) is 0 Å². The maximum absolute atomic E-state index is 8.10. The molecule has 0 spiro atoms. The van der Waals surface area contributed by atoms with Crippen LogP contribution in [0.2, 0.25) is 0 Å². The number of hydrogen-bond donors (Lipinski definition) is 1. The van der Waals surface area contributed by atoms with Gasteiger partial charge in [-0.05, 0) is 24.8 Å². The van der Waals surface area contributed by atoms with Gasteiger partial charge in [0.25, 0.3) is 0 Å². The van der Waals surface area contributed by atoms with E-state index in [-0.39, 0.29) is 0 Å². The highest BCUT2D eigenvalue weighted by Gasteiger charge is 2.16. The Morgan fingerprint density at radius 1 is 1.50 bits per heavy atom. The lowest BCUT2D eigenvalue weighted by molar-refractivity contribution is 0.470. The molecular formula is C5H8O. The minimum atomic E-state index is 0.718. The van der Waals surface area contributed by atoms with Gasteiger partial charge in [-0.1, -0.05) is 0 Å². The molecule has 0 aliphatic heterocycles. The third-order valence-corrected chi connectivity index (χ3v) is 0.980. The molecule has 0 aromatic rings. The Morgan fingerprint density at radius 2 is 2.17 bits per heavy atom. The van der Waals surface area contributed by atoms with Crippen LogP contribution in [0.15, 0.2) is 12.3 Å². The SMILES string of the molecule is O/C=C/C1CC1. The van der Waals surface area contributed by atoms with E-state index in [4.69, 9.17) is 5.11 Å². The smallest absolute Gasteiger partial charge is 0.0754 e. The van der Waals surface area contributed by atoms with Crippen LogP contribution in [0.3, 0.4) is 0 Å². The van der Waals surface area contributed by atoms with Crippen molar-refractivity contribution in [3.8, 4) is 0 Å². The van der Waals surface area contributed by atoms with Gasteiger partial charge in [0.15, 0.2) is 0 Å². The van der Waals surface area contributed by atoms with Crippen LogP contribution in [-0.4, -0.2) is 5.11 Å². The van der Waals surface area contributed by atoms with Crippen molar-refractivity contribution in [2.75, 3.05) is 0 Å². The zero-order valence-corrected chi connectivity index (χ0v) is 3.59. The molecule has 0 radical (unpaired) electrons. The molecule has 1 rings (SSSR count). The Hall–Kier alpha value is -0.460. The second kappa shape index (κ2) is 1.33. The van der Waals surface area contributed by atoms with Crippen molar-refractivity contribution in [2.24, 2.45) is 5.92 Å². The maximum atomic E-state index is 8.10. The lowest BCUT2D eigenvalue weighted by Crippen LogP contribution is -1.57. The summed E-state index contributed by atoms with van der Waals surface area (Å²) in [6, 6.07) is 0. The highest BCUT2D eigenvalue weighted by Crippen LogP contribution is 2.29. The van der Waals surface area contributed by atoms with Gasteiger partial charge in [-0.2, -0.15) is 0 Å². The van der Waals surface area contributed by atoms with E-state index in [2.05, 4.69) is 0 Å². The molecule has 0 atom stereocenters. The zero-order valence-electron chi connectivity index (χ0n) is 3.59. The van der Waals surface area contributed by atoms with Gasteiger partial charge < -0.3 is 5.11 Å². The molecule has 1 nitrogen and oxygen atoms in total. The minimum absolute atomic E-state index is 0.718. The van der Waals surface area contributed by atoms with E-state index in [1.807, 2.05) is 6.08 Å². The van der Waals surface area contributed by atoms with Gasteiger partial charge >= 0.3 is 0 Å². The fraction of sp³-hybridized carbons (Fsp3) is 0.600. The van der Waals surface area contributed by atoms with Gasteiger partial charge in [-0.3, -0.25) is 0 Å². The first-order valence-corrected chi connectivity index (χ1v) is 2.24. The van der Waals surface area contributed by atoms with E-state index in [0.717, 1.165) is 12.2 Å². The number of aliphatic hydroxyl groups is 1. The summed E-state index contributed by atoms with van der Waals surface area (Å²) in [6.45, 7) is 0. The van der Waals surface area contributed by atoms with E-state index in [1.54, 1.807) is 0 Å². The van der Waals surface area contributed by atoms with Crippen LogP contribution in [0, 0.1) is 5.92 Å². The number of hydrogen-bond acceptors (Lipinski definition) is 1. The van der Waals surface area contributed by atoms with Crippen LogP contribution in [0.25, 0.3) is 0 Å². The van der Waals surface area contributed by atoms with Crippen molar-refractivity contribution in [3.63, 3.8) is 0 Å². The summed E-state index contributed by atoms with van der Waals surface area (Å²) in [7, 11) is 0. The second-order valence-electron chi connectivity index (χ2n) is 1.68. The Morgan fingerprint density at radius 3 is 2.33 bits per heavy atom. The molecule has 6 heavy (non-hydrogen) atoms. The van der Waals surface area contributed by atoms with Gasteiger partial charge in [0, 0.05) is 0 Å². The average Bonchev–Trinajstić information content (AvgIpc) is 2.21. The summed E-state index contributed by atoms with van der Waals surface area (Å²) >= 11 is 0. The molecule has 0 aromatic heterocycles. The molecule has 0 amide bonds. The van der Waals surface area contributed by atoms with Crippen molar-refractivity contribution in [2.45, 2.75) is 12.8 Å². The fourth-order valence-corrected chi connectivity index (χ4v) is 0.410. The molecule has 0 heterocycles. The number of aliphatic hydroxyl groups excluding tert-OH is 1.